The molecule has 30 heavy (non-hydrogen) atoms. The molecule has 2 aromatic rings. The van der Waals surface area contributed by atoms with E-state index >= 15 is 0 Å². The lowest BCUT2D eigenvalue weighted by molar-refractivity contribution is -0.148. The SMILES string of the molecule is CCOC(=O)C1CCN(c2ncnc(NNS(=O)(=O)c3ccc(C)cc3)c2N)CC1. The minimum absolute atomic E-state index is 0.120. The van der Waals surface area contributed by atoms with Crippen LogP contribution in [-0.2, 0) is 19.6 Å². The Morgan fingerprint density at radius 2 is 1.90 bits per heavy atom. The van der Waals surface area contributed by atoms with E-state index in [1.165, 1.54) is 18.5 Å². The average Bonchev–Trinajstić information content (AvgIpc) is 2.74. The summed E-state index contributed by atoms with van der Waals surface area (Å²) in [4.78, 5) is 24.5. The van der Waals surface area contributed by atoms with Crippen molar-refractivity contribution in [2.24, 2.45) is 5.92 Å². The minimum atomic E-state index is -3.79. The fourth-order valence-electron chi connectivity index (χ4n) is 3.22. The van der Waals surface area contributed by atoms with Crippen LogP contribution >= 0.6 is 0 Å². The number of hydrogen-bond acceptors (Lipinski definition) is 9. The Morgan fingerprint density at radius 3 is 2.53 bits per heavy atom. The number of aromatic nitrogens is 2. The molecule has 0 spiro atoms. The van der Waals surface area contributed by atoms with Crippen molar-refractivity contribution in [2.45, 2.75) is 31.6 Å². The Kier molecular flexibility index (Phi) is 6.73. The van der Waals surface area contributed by atoms with E-state index in [0.717, 1.165) is 5.56 Å². The number of sulfonamides is 1. The van der Waals surface area contributed by atoms with E-state index in [-0.39, 0.29) is 28.3 Å². The topological polar surface area (TPSA) is 140 Å². The summed E-state index contributed by atoms with van der Waals surface area (Å²) in [5, 5.41) is 0. The second-order valence-corrected chi connectivity index (χ2v) is 8.70. The summed E-state index contributed by atoms with van der Waals surface area (Å²) in [5.41, 5.74) is 9.94. The zero-order valence-electron chi connectivity index (χ0n) is 17.0. The number of piperidine rings is 1. The number of benzene rings is 1. The lowest BCUT2D eigenvalue weighted by Crippen LogP contribution is -2.38. The van der Waals surface area contributed by atoms with Gasteiger partial charge < -0.3 is 15.4 Å². The molecule has 0 unspecified atom stereocenters. The van der Waals surface area contributed by atoms with Gasteiger partial charge in [-0.2, -0.15) is 0 Å². The van der Waals surface area contributed by atoms with E-state index < -0.39 is 10.0 Å². The molecular formula is C19H26N6O4S. The number of rotatable bonds is 7. The van der Waals surface area contributed by atoms with E-state index in [1.54, 1.807) is 19.1 Å². The Bertz CT molecular complexity index is 989. The first-order valence-corrected chi connectivity index (χ1v) is 11.2. The largest absolute Gasteiger partial charge is 0.466 e. The Labute approximate surface area is 175 Å². The van der Waals surface area contributed by atoms with Crippen LogP contribution in [0.25, 0.3) is 0 Å². The quantitative estimate of drug-likeness (QED) is 0.436. The second kappa shape index (κ2) is 9.26. The van der Waals surface area contributed by atoms with Gasteiger partial charge in [-0.3, -0.25) is 10.2 Å². The van der Waals surface area contributed by atoms with E-state index in [2.05, 4.69) is 20.2 Å². The maximum atomic E-state index is 12.5. The molecule has 11 heteroatoms. The summed E-state index contributed by atoms with van der Waals surface area (Å²) in [7, 11) is -3.79. The molecule has 0 amide bonds. The van der Waals surface area contributed by atoms with Gasteiger partial charge in [-0.25, -0.2) is 18.4 Å². The van der Waals surface area contributed by atoms with Crippen LogP contribution in [0.4, 0.5) is 17.3 Å². The number of nitrogens with zero attached hydrogens (tertiary/aromatic N) is 3. The fourth-order valence-corrected chi connectivity index (χ4v) is 4.06. The molecule has 1 aliphatic rings. The molecule has 10 nitrogen and oxygen atoms in total. The number of anilines is 3. The molecule has 0 saturated carbocycles. The number of carbonyl (C=O) groups excluding carboxylic acids is 1. The predicted octanol–water partition coefficient (Wildman–Crippen LogP) is 1.45. The summed E-state index contributed by atoms with van der Waals surface area (Å²) in [6.45, 7) is 5.20. The highest BCUT2D eigenvalue weighted by Crippen LogP contribution is 2.30. The highest BCUT2D eigenvalue weighted by Gasteiger charge is 2.28. The van der Waals surface area contributed by atoms with E-state index in [1.807, 2.05) is 11.8 Å². The summed E-state index contributed by atoms with van der Waals surface area (Å²) < 4.78 is 30.0. The Morgan fingerprint density at radius 1 is 1.23 bits per heavy atom. The van der Waals surface area contributed by atoms with Gasteiger partial charge in [0, 0.05) is 13.1 Å². The second-order valence-electron chi connectivity index (χ2n) is 7.02. The summed E-state index contributed by atoms with van der Waals surface area (Å²) in [5.74, 6) is 0.330. The van der Waals surface area contributed by atoms with Gasteiger partial charge in [0.25, 0.3) is 10.0 Å². The van der Waals surface area contributed by atoms with Crippen molar-refractivity contribution >= 4 is 33.3 Å². The molecule has 0 atom stereocenters. The third-order valence-electron chi connectivity index (χ3n) is 4.91. The number of aryl methyl sites for hydroxylation is 1. The number of nitrogens with two attached hydrogens (primary N) is 1. The van der Waals surface area contributed by atoms with Crippen LogP contribution in [0.15, 0.2) is 35.5 Å². The maximum Gasteiger partial charge on any atom is 0.309 e. The molecule has 1 aliphatic heterocycles. The van der Waals surface area contributed by atoms with Gasteiger partial charge in [-0.05, 0) is 38.8 Å². The van der Waals surface area contributed by atoms with Crippen LogP contribution in [-0.4, -0.2) is 44.1 Å². The van der Waals surface area contributed by atoms with Crippen LogP contribution in [0, 0.1) is 12.8 Å². The van der Waals surface area contributed by atoms with Gasteiger partial charge in [0.1, 0.15) is 12.0 Å². The van der Waals surface area contributed by atoms with Crippen LogP contribution in [0.1, 0.15) is 25.3 Å². The number of hydrogen-bond donors (Lipinski definition) is 3. The molecule has 1 fully saturated rings. The summed E-state index contributed by atoms with van der Waals surface area (Å²) >= 11 is 0. The number of carbonyl (C=O) groups is 1. The van der Waals surface area contributed by atoms with Gasteiger partial charge >= 0.3 is 5.97 Å². The Balaban J connectivity index is 1.67. The zero-order valence-corrected chi connectivity index (χ0v) is 17.8. The normalized spacial score (nSPS) is 15.1. The van der Waals surface area contributed by atoms with Crippen molar-refractivity contribution in [3.8, 4) is 0 Å². The number of nitrogens with one attached hydrogen (secondary N) is 2. The third-order valence-corrected chi connectivity index (χ3v) is 6.18. The van der Waals surface area contributed by atoms with Gasteiger partial charge in [0.05, 0.1) is 17.4 Å². The smallest absolute Gasteiger partial charge is 0.309 e. The van der Waals surface area contributed by atoms with Gasteiger partial charge in [-0.15, -0.1) is 4.83 Å². The maximum absolute atomic E-state index is 12.5. The first-order chi connectivity index (χ1) is 14.3. The molecule has 1 saturated heterocycles. The fraction of sp³-hybridized carbons (Fsp3) is 0.421. The summed E-state index contributed by atoms with van der Waals surface area (Å²) in [6, 6.07) is 6.46. The van der Waals surface area contributed by atoms with Crippen molar-refractivity contribution in [3.05, 3.63) is 36.2 Å². The lowest BCUT2D eigenvalue weighted by atomic mass is 9.97. The lowest BCUT2D eigenvalue weighted by Gasteiger charge is -2.32. The number of nitrogen functional groups attached to an aromatic ring is 1. The molecule has 1 aromatic heterocycles. The molecule has 0 radical (unpaired) electrons. The third kappa shape index (κ3) is 4.97. The summed E-state index contributed by atoms with van der Waals surface area (Å²) in [6.07, 6.45) is 2.57. The minimum Gasteiger partial charge on any atom is -0.466 e. The molecule has 0 bridgehead atoms. The average molecular weight is 435 g/mol. The van der Waals surface area contributed by atoms with Crippen molar-refractivity contribution in [1.82, 2.24) is 14.8 Å². The van der Waals surface area contributed by atoms with Crippen LogP contribution in [0.5, 0.6) is 0 Å². The Hall–Kier alpha value is -2.92. The van der Waals surface area contributed by atoms with Crippen molar-refractivity contribution in [3.63, 3.8) is 0 Å². The first-order valence-electron chi connectivity index (χ1n) is 9.68. The molecular weight excluding hydrogens is 408 g/mol. The molecule has 3 rings (SSSR count). The van der Waals surface area contributed by atoms with Crippen molar-refractivity contribution in [1.29, 1.82) is 0 Å². The molecule has 1 aromatic carbocycles. The molecule has 0 aliphatic carbocycles. The monoisotopic (exact) mass is 434 g/mol. The highest BCUT2D eigenvalue weighted by atomic mass is 32.2. The number of ether oxygens (including phenoxy) is 1. The van der Waals surface area contributed by atoms with Crippen LogP contribution in [0.2, 0.25) is 0 Å². The highest BCUT2D eigenvalue weighted by molar-refractivity contribution is 7.89. The van der Waals surface area contributed by atoms with Crippen LogP contribution in [0.3, 0.4) is 0 Å². The molecule has 162 valence electrons. The van der Waals surface area contributed by atoms with E-state index in [9.17, 15) is 13.2 Å². The molecule has 4 N–H and O–H groups in total. The van der Waals surface area contributed by atoms with Gasteiger partial charge in [0.15, 0.2) is 11.6 Å². The van der Waals surface area contributed by atoms with Gasteiger partial charge in [-0.1, -0.05) is 17.7 Å². The first kappa shape index (κ1) is 21.8. The van der Waals surface area contributed by atoms with Gasteiger partial charge in [0.2, 0.25) is 0 Å². The van der Waals surface area contributed by atoms with Crippen molar-refractivity contribution in [2.75, 3.05) is 35.8 Å². The molecule has 2 heterocycles. The van der Waals surface area contributed by atoms with Crippen molar-refractivity contribution < 1.29 is 17.9 Å². The number of esters is 1. The number of hydrazine groups is 1. The van der Waals surface area contributed by atoms with E-state index in [0.29, 0.717) is 38.4 Å². The van der Waals surface area contributed by atoms with E-state index in [4.69, 9.17) is 10.5 Å². The zero-order chi connectivity index (χ0) is 21.7. The van der Waals surface area contributed by atoms with Crippen LogP contribution < -0.4 is 20.9 Å². The predicted molar refractivity (Wildman–Crippen MR) is 113 cm³/mol. The standard InChI is InChI=1S/C19H26N6O4S/c1-3-29-19(26)14-8-10-25(11-9-14)18-16(20)17(21-12-22-18)23-24-30(27,28)15-6-4-13(2)5-7-15/h4-7,12,14,24H,3,8-11,20H2,1-2H3,(H,21,22,23).